The molecule has 0 aromatic heterocycles. The molecule has 0 bridgehead atoms. The SMILES string of the molecule is CC(C)(C)NCC1(COCc2ccccc2)CCOCC1. The van der Waals surface area contributed by atoms with Crippen molar-refractivity contribution in [2.24, 2.45) is 5.41 Å². The topological polar surface area (TPSA) is 30.5 Å². The van der Waals surface area contributed by atoms with E-state index in [1.165, 1.54) is 5.56 Å². The fourth-order valence-electron chi connectivity index (χ4n) is 2.59. The van der Waals surface area contributed by atoms with E-state index in [0.717, 1.165) is 39.2 Å². The van der Waals surface area contributed by atoms with Crippen LogP contribution in [0.5, 0.6) is 0 Å². The molecule has 21 heavy (non-hydrogen) atoms. The molecule has 118 valence electrons. The van der Waals surface area contributed by atoms with Crippen molar-refractivity contribution in [3.05, 3.63) is 35.9 Å². The van der Waals surface area contributed by atoms with E-state index in [-0.39, 0.29) is 11.0 Å². The van der Waals surface area contributed by atoms with E-state index >= 15 is 0 Å². The third-order valence-corrected chi connectivity index (χ3v) is 4.07. The molecule has 0 radical (unpaired) electrons. The van der Waals surface area contributed by atoms with Gasteiger partial charge in [0.05, 0.1) is 13.2 Å². The van der Waals surface area contributed by atoms with Crippen molar-refractivity contribution >= 4 is 0 Å². The minimum absolute atomic E-state index is 0.144. The van der Waals surface area contributed by atoms with Crippen molar-refractivity contribution in [2.75, 3.05) is 26.4 Å². The fraction of sp³-hybridized carbons (Fsp3) is 0.667. The molecule has 0 atom stereocenters. The third-order valence-electron chi connectivity index (χ3n) is 4.07. The molecule has 1 aromatic carbocycles. The summed E-state index contributed by atoms with van der Waals surface area (Å²) in [7, 11) is 0. The molecule has 1 aliphatic heterocycles. The Morgan fingerprint density at radius 2 is 1.81 bits per heavy atom. The van der Waals surface area contributed by atoms with Crippen LogP contribution >= 0.6 is 0 Å². The van der Waals surface area contributed by atoms with Crippen LogP contribution < -0.4 is 5.32 Å². The molecule has 2 rings (SSSR count). The summed E-state index contributed by atoms with van der Waals surface area (Å²) in [5.41, 5.74) is 1.59. The van der Waals surface area contributed by atoms with Gasteiger partial charge in [0.15, 0.2) is 0 Å². The van der Waals surface area contributed by atoms with Crippen LogP contribution in [0.2, 0.25) is 0 Å². The molecule has 0 unspecified atom stereocenters. The van der Waals surface area contributed by atoms with Gasteiger partial charge in [0, 0.05) is 30.7 Å². The van der Waals surface area contributed by atoms with Crippen LogP contribution in [0, 0.1) is 5.41 Å². The maximum Gasteiger partial charge on any atom is 0.0717 e. The maximum absolute atomic E-state index is 6.03. The third kappa shape index (κ3) is 5.77. The first-order valence-electron chi connectivity index (χ1n) is 7.94. The zero-order valence-corrected chi connectivity index (χ0v) is 13.7. The molecule has 1 fully saturated rings. The number of nitrogens with one attached hydrogen (secondary N) is 1. The number of ether oxygens (including phenoxy) is 2. The van der Waals surface area contributed by atoms with Gasteiger partial charge in [0.25, 0.3) is 0 Å². The molecule has 0 spiro atoms. The standard InChI is InChI=1S/C18H29NO2/c1-17(2,3)19-14-18(9-11-20-12-10-18)15-21-13-16-7-5-4-6-8-16/h4-8,19H,9-15H2,1-3H3. The molecule has 1 saturated heterocycles. The first-order valence-corrected chi connectivity index (χ1v) is 7.94. The van der Waals surface area contributed by atoms with Crippen molar-refractivity contribution in [1.82, 2.24) is 5.32 Å². The van der Waals surface area contributed by atoms with Gasteiger partial charge in [-0.1, -0.05) is 30.3 Å². The summed E-state index contributed by atoms with van der Waals surface area (Å²) in [4.78, 5) is 0. The first kappa shape index (κ1) is 16.5. The zero-order valence-electron chi connectivity index (χ0n) is 13.7. The molecular formula is C18H29NO2. The Hall–Kier alpha value is -0.900. The minimum atomic E-state index is 0.144. The van der Waals surface area contributed by atoms with Gasteiger partial charge in [-0.15, -0.1) is 0 Å². The van der Waals surface area contributed by atoms with Gasteiger partial charge in [-0.2, -0.15) is 0 Å². The van der Waals surface area contributed by atoms with E-state index in [1.807, 2.05) is 6.07 Å². The van der Waals surface area contributed by atoms with Crippen LogP contribution in [-0.2, 0) is 16.1 Å². The van der Waals surface area contributed by atoms with Crippen molar-refractivity contribution in [3.63, 3.8) is 0 Å². The van der Waals surface area contributed by atoms with Crippen LogP contribution in [0.4, 0.5) is 0 Å². The van der Waals surface area contributed by atoms with Crippen molar-refractivity contribution in [3.8, 4) is 0 Å². The van der Waals surface area contributed by atoms with Gasteiger partial charge in [0.2, 0.25) is 0 Å². The van der Waals surface area contributed by atoms with Crippen LogP contribution in [0.25, 0.3) is 0 Å². The normalized spacial score (nSPS) is 18.6. The average molecular weight is 291 g/mol. The lowest BCUT2D eigenvalue weighted by molar-refractivity contribution is -0.0452. The summed E-state index contributed by atoms with van der Waals surface area (Å²) in [6.45, 7) is 10.8. The molecule has 3 heteroatoms. The summed E-state index contributed by atoms with van der Waals surface area (Å²) in [5.74, 6) is 0. The smallest absolute Gasteiger partial charge is 0.0717 e. The number of hydrogen-bond acceptors (Lipinski definition) is 3. The molecule has 0 aliphatic carbocycles. The molecule has 1 N–H and O–H groups in total. The van der Waals surface area contributed by atoms with Gasteiger partial charge in [0.1, 0.15) is 0 Å². The monoisotopic (exact) mass is 291 g/mol. The number of hydrogen-bond donors (Lipinski definition) is 1. The lowest BCUT2D eigenvalue weighted by atomic mass is 9.80. The highest BCUT2D eigenvalue weighted by molar-refractivity contribution is 5.13. The molecule has 1 aliphatic rings. The lowest BCUT2D eigenvalue weighted by Gasteiger charge is -2.39. The Kier molecular flexibility index (Phi) is 5.80. The summed E-state index contributed by atoms with van der Waals surface area (Å²) < 4.78 is 11.6. The quantitative estimate of drug-likeness (QED) is 0.871. The predicted octanol–water partition coefficient (Wildman–Crippen LogP) is 3.39. The Morgan fingerprint density at radius 3 is 2.43 bits per heavy atom. The summed E-state index contributed by atoms with van der Waals surface area (Å²) in [6, 6.07) is 10.4. The summed E-state index contributed by atoms with van der Waals surface area (Å²) >= 11 is 0. The summed E-state index contributed by atoms with van der Waals surface area (Å²) in [6.07, 6.45) is 2.15. The van der Waals surface area contributed by atoms with Gasteiger partial charge < -0.3 is 14.8 Å². The fourth-order valence-corrected chi connectivity index (χ4v) is 2.59. The molecule has 1 aromatic rings. The van der Waals surface area contributed by atoms with Gasteiger partial charge in [-0.25, -0.2) is 0 Å². The number of rotatable bonds is 6. The molecule has 0 amide bonds. The number of benzene rings is 1. The zero-order chi connectivity index (χ0) is 15.2. The van der Waals surface area contributed by atoms with Crippen LogP contribution in [-0.4, -0.2) is 31.9 Å². The van der Waals surface area contributed by atoms with E-state index in [1.54, 1.807) is 0 Å². The van der Waals surface area contributed by atoms with Crippen LogP contribution in [0.15, 0.2) is 30.3 Å². The predicted molar refractivity (Wildman–Crippen MR) is 86.3 cm³/mol. The second-order valence-electron chi connectivity index (χ2n) is 7.19. The highest BCUT2D eigenvalue weighted by Crippen LogP contribution is 2.31. The van der Waals surface area contributed by atoms with Crippen molar-refractivity contribution in [1.29, 1.82) is 0 Å². The van der Waals surface area contributed by atoms with E-state index < -0.39 is 0 Å². The summed E-state index contributed by atoms with van der Waals surface area (Å²) in [5, 5.41) is 3.65. The van der Waals surface area contributed by atoms with Crippen LogP contribution in [0.1, 0.15) is 39.2 Å². The molecule has 0 saturated carbocycles. The van der Waals surface area contributed by atoms with Crippen molar-refractivity contribution < 1.29 is 9.47 Å². The largest absolute Gasteiger partial charge is 0.381 e. The first-order chi connectivity index (χ1) is 9.99. The lowest BCUT2D eigenvalue weighted by Crippen LogP contribution is -2.48. The average Bonchev–Trinajstić information content (AvgIpc) is 2.47. The minimum Gasteiger partial charge on any atom is -0.381 e. The van der Waals surface area contributed by atoms with E-state index in [2.05, 4.69) is 50.4 Å². The Balaban J connectivity index is 1.87. The Bertz CT molecular complexity index is 405. The molecule has 3 nitrogen and oxygen atoms in total. The van der Waals surface area contributed by atoms with E-state index in [4.69, 9.17) is 9.47 Å². The second-order valence-corrected chi connectivity index (χ2v) is 7.19. The van der Waals surface area contributed by atoms with Gasteiger partial charge >= 0.3 is 0 Å². The van der Waals surface area contributed by atoms with Crippen molar-refractivity contribution in [2.45, 2.75) is 45.8 Å². The highest BCUT2D eigenvalue weighted by atomic mass is 16.5. The van der Waals surface area contributed by atoms with E-state index in [0.29, 0.717) is 6.61 Å². The highest BCUT2D eigenvalue weighted by Gasteiger charge is 2.33. The van der Waals surface area contributed by atoms with E-state index in [9.17, 15) is 0 Å². The van der Waals surface area contributed by atoms with Crippen LogP contribution in [0.3, 0.4) is 0 Å². The Labute approximate surface area is 129 Å². The Morgan fingerprint density at radius 1 is 1.14 bits per heavy atom. The molecule has 1 heterocycles. The van der Waals surface area contributed by atoms with Gasteiger partial charge in [-0.3, -0.25) is 0 Å². The second kappa shape index (κ2) is 7.39. The van der Waals surface area contributed by atoms with Gasteiger partial charge in [-0.05, 0) is 39.2 Å². The molecular weight excluding hydrogens is 262 g/mol. The maximum atomic E-state index is 6.03.